The summed E-state index contributed by atoms with van der Waals surface area (Å²) in [7, 11) is 0. The normalized spacial score (nSPS) is 19.0. The zero-order chi connectivity index (χ0) is 27.0. The van der Waals surface area contributed by atoms with E-state index >= 15 is 0 Å². The molecule has 1 aliphatic carbocycles. The smallest absolute Gasteiger partial charge is 0.427 e. The van der Waals surface area contributed by atoms with Crippen molar-refractivity contribution in [2.24, 2.45) is 22.2 Å². The van der Waals surface area contributed by atoms with Gasteiger partial charge < -0.3 is 23.8 Å². The molecule has 0 aromatic rings. The van der Waals surface area contributed by atoms with E-state index in [9.17, 15) is 19.2 Å². The average molecular weight is 498 g/mol. The lowest BCUT2D eigenvalue weighted by Crippen LogP contribution is -2.60. The summed E-state index contributed by atoms with van der Waals surface area (Å²) in [5, 5.41) is 0. The molecule has 1 saturated heterocycles. The number of nitrogens with zero attached hydrogens (tertiary/aromatic N) is 1. The second-order valence-corrected chi connectivity index (χ2v) is 13.1. The first-order valence-electron chi connectivity index (χ1n) is 12.3. The number of esters is 1. The number of ether oxygens (including phenoxy) is 4. The summed E-state index contributed by atoms with van der Waals surface area (Å²) < 4.78 is 20.6. The van der Waals surface area contributed by atoms with Gasteiger partial charge >= 0.3 is 24.4 Å². The van der Waals surface area contributed by atoms with Crippen molar-refractivity contribution in [1.29, 1.82) is 0 Å². The highest BCUT2D eigenvalue weighted by Crippen LogP contribution is 2.46. The van der Waals surface area contributed by atoms with Crippen molar-refractivity contribution in [3.63, 3.8) is 0 Å². The molecule has 9 nitrogen and oxygen atoms in total. The summed E-state index contributed by atoms with van der Waals surface area (Å²) >= 11 is 0. The molecule has 0 atom stereocenters. The molecule has 0 aromatic carbocycles. The van der Waals surface area contributed by atoms with Crippen LogP contribution in [0.1, 0.15) is 94.9 Å². The van der Waals surface area contributed by atoms with E-state index in [1.165, 1.54) is 4.90 Å². The predicted molar refractivity (Wildman–Crippen MR) is 129 cm³/mol. The van der Waals surface area contributed by atoms with Crippen LogP contribution < -0.4 is 0 Å². The van der Waals surface area contributed by atoms with Crippen LogP contribution in [0.3, 0.4) is 0 Å². The number of carbonyl (C=O) groups excluding carboxylic acids is 4. The maximum atomic E-state index is 12.5. The molecule has 200 valence electrons. The van der Waals surface area contributed by atoms with Gasteiger partial charge in [0.1, 0.15) is 11.2 Å². The van der Waals surface area contributed by atoms with Gasteiger partial charge in [-0.2, -0.15) is 0 Å². The fourth-order valence-corrected chi connectivity index (χ4v) is 3.74. The molecule has 35 heavy (non-hydrogen) atoms. The summed E-state index contributed by atoms with van der Waals surface area (Å²) in [5.74, 6) is -0.962. The molecule has 2 rings (SSSR count). The maximum absolute atomic E-state index is 12.5. The van der Waals surface area contributed by atoms with Gasteiger partial charge in [0.2, 0.25) is 0 Å². The topological polar surface area (TPSA) is 108 Å². The number of likely N-dealkylation sites (tertiary alicyclic amines) is 1. The van der Waals surface area contributed by atoms with E-state index in [1.807, 2.05) is 41.5 Å². The third-order valence-electron chi connectivity index (χ3n) is 8.33. The Morgan fingerprint density at radius 2 is 1.09 bits per heavy atom. The van der Waals surface area contributed by atoms with E-state index in [2.05, 4.69) is 0 Å². The summed E-state index contributed by atoms with van der Waals surface area (Å²) in [5.41, 5.74) is -2.35. The third-order valence-corrected chi connectivity index (χ3v) is 8.33. The predicted octanol–water partition coefficient (Wildman–Crippen LogP) is 6.08. The van der Waals surface area contributed by atoms with Crippen molar-refractivity contribution >= 4 is 24.4 Å². The second kappa shape index (κ2) is 9.62. The van der Waals surface area contributed by atoms with Crippen LogP contribution in [0, 0.1) is 22.2 Å². The van der Waals surface area contributed by atoms with E-state index in [4.69, 9.17) is 18.9 Å². The Hall–Kier alpha value is -2.32. The van der Waals surface area contributed by atoms with Crippen LogP contribution in [-0.4, -0.2) is 53.6 Å². The lowest BCUT2D eigenvalue weighted by atomic mass is 9.66. The lowest BCUT2D eigenvalue weighted by Gasteiger charge is -2.52. The Morgan fingerprint density at radius 3 is 1.49 bits per heavy atom. The van der Waals surface area contributed by atoms with Crippen LogP contribution >= 0.6 is 0 Å². The molecule has 1 amide bonds. The van der Waals surface area contributed by atoms with Gasteiger partial charge in [-0.05, 0) is 53.4 Å². The number of amides is 1. The van der Waals surface area contributed by atoms with Gasteiger partial charge in [-0.3, -0.25) is 4.79 Å². The van der Waals surface area contributed by atoms with Crippen LogP contribution in [-0.2, 0) is 23.7 Å². The molecule has 0 radical (unpaired) electrons. The molecule has 0 N–H and O–H groups in total. The summed E-state index contributed by atoms with van der Waals surface area (Å²) in [6, 6.07) is 0. The van der Waals surface area contributed by atoms with Crippen LogP contribution in [0.4, 0.5) is 14.4 Å². The SMILES string of the molecule is CC(C)(C)C(C)(C)OC(=O)OC(=O)C1CCC2(CC1)CN(C(=O)OC(=O)OC(C)(C)C(C)(C)C)C2. The van der Waals surface area contributed by atoms with Crippen LogP contribution in [0.15, 0.2) is 0 Å². The van der Waals surface area contributed by atoms with Gasteiger partial charge in [0.25, 0.3) is 0 Å². The van der Waals surface area contributed by atoms with Crippen molar-refractivity contribution in [1.82, 2.24) is 4.90 Å². The fraction of sp³-hybridized carbons (Fsp3) is 0.846. The Labute approximate surface area is 209 Å². The van der Waals surface area contributed by atoms with Crippen molar-refractivity contribution in [2.45, 2.75) is 106 Å². The summed E-state index contributed by atoms with van der Waals surface area (Å²) in [4.78, 5) is 50.5. The molecule has 1 heterocycles. The van der Waals surface area contributed by atoms with Gasteiger partial charge in [0.05, 0.1) is 5.92 Å². The van der Waals surface area contributed by atoms with Gasteiger partial charge in [0, 0.05) is 29.3 Å². The average Bonchev–Trinajstić information content (AvgIpc) is 2.63. The first-order valence-corrected chi connectivity index (χ1v) is 12.3. The van der Waals surface area contributed by atoms with Gasteiger partial charge in [-0.15, -0.1) is 0 Å². The molecule has 1 spiro atoms. The molecule has 2 fully saturated rings. The fourth-order valence-electron chi connectivity index (χ4n) is 3.74. The first-order chi connectivity index (χ1) is 15.7. The Kier molecular flexibility index (Phi) is 7.95. The number of carbonyl (C=O) groups is 4. The molecule has 0 bridgehead atoms. The number of rotatable bonds is 3. The third kappa shape index (κ3) is 6.88. The standard InChI is InChI=1S/C26H43NO8/c1-22(2,3)24(7,8)34-20(30)32-18(28)17-11-13-26(14-12-17)15-27(16-26)19(29)33-21(31)35-25(9,10)23(4,5)6/h17H,11-16H2,1-10H3. The Bertz CT molecular complexity index is 830. The van der Waals surface area contributed by atoms with Crippen LogP contribution in [0.2, 0.25) is 0 Å². The highest BCUT2D eigenvalue weighted by molar-refractivity contribution is 5.84. The quantitative estimate of drug-likeness (QED) is 0.341. The van der Waals surface area contributed by atoms with Crippen molar-refractivity contribution in [3.05, 3.63) is 0 Å². The Morgan fingerprint density at radius 1 is 0.686 bits per heavy atom. The molecular formula is C26H43NO8. The van der Waals surface area contributed by atoms with E-state index in [0.717, 1.165) is 0 Å². The van der Waals surface area contributed by atoms with E-state index < -0.39 is 35.6 Å². The zero-order valence-corrected chi connectivity index (χ0v) is 23.0. The summed E-state index contributed by atoms with van der Waals surface area (Å²) in [6.45, 7) is 19.6. The minimum atomic E-state index is -1.01. The largest absolute Gasteiger partial charge is 0.517 e. The van der Waals surface area contributed by atoms with Crippen molar-refractivity contribution < 1.29 is 38.1 Å². The molecule has 0 unspecified atom stereocenters. The van der Waals surface area contributed by atoms with E-state index in [0.29, 0.717) is 38.8 Å². The minimum absolute atomic E-state index is 0.112. The lowest BCUT2D eigenvalue weighted by molar-refractivity contribution is -0.152. The van der Waals surface area contributed by atoms with E-state index in [1.54, 1.807) is 27.7 Å². The Balaban J connectivity index is 1.77. The van der Waals surface area contributed by atoms with Crippen LogP contribution in [0.25, 0.3) is 0 Å². The van der Waals surface area contributed by atoms with E-state index in [-0.39, 0.29) is 22.2 Å². The van der Waals surface area contributed by atoms with Gasteiger partial charge in [-0.1, -0.05) is 41.5 Å². The highest BCUT2D eigenvalue weighted by atomic mass is 16.8. The first kappa shape index (κ1) is 28.9. The number of hydrogen-bond donors (Lipinski definition) is 0. The monoisotopic (exact) mass is 497 g/mol. The zero-order valence-electron chi connectivity index (χ0n) is 23.0. The van der Waals surface area contributed by atoms with Gasteiger partial charge in [-0.25, -0.2) is 14.4 Å². The maximum Gasteiger partial charge on any atom is 0.517 e. The van der Waals surface area contributed by atoms with Gasteiger partial charge in [0.15, 0.2) is 0 Å². The highest BCUT2D eigenvalue weighted by Gasteiger charge is 2.49. The molecular weight excluding hydrogens is 454 g/mol. The summed E-state index contributed by atoms with van der Waals surface area (Å²) in [6.07, 6.45) is -0.186. The minimum Gasteiger partial charge on any atom is -0.427 e. The molecule has 1 aliphatic heterocycles. The van der Waals surface area contributed by atoms with Crippen molar-refractivity contribution in [3.8, 4) is 0 Å². The molecule has 2 aliphatic rings. The van der Waals surface area contributed by atoms with Crippen molar-refractivity contribution in [2.75, 3.05) is 13.1 Å². The molecule has 1 saturated carbocycles. The molecule has 0 aromatic heterocycles. The molecule has 9 heteroatoms. The second-order valence-electron chi connectivity index (χ2n) is 13.1. The van der Waals surface area contributed by atoms with Crippen LogP contribution in [0.5, 0.6) is 0 Å². The number of hydrogen-bond acceptors (Lipinski definition) is 8.